The molecule has 0 radical (unpaired) electrons. The molecular formula is C18H20BrN3O2. The molecule has 1 saturated heterocycles. The topological polar surface area (TPSA) is 62.4 Å². The summed E-state index contributed by atoms with van der Waals surface area (Å²) < 4.78 is 6.28. The molecule has 1 fully saturated rings. The lowest BCUT2D eigenvalue weighted by Crippen LogP contribution is -2.42. The summed E-state index contributed by atoms with van der Waals surface area (Å²) in [6.45, 7) is 0.522. The fourth-order valence-electron chi connectivity index (χ4n) is 2.72. The maximum Gasteiger partial charge on any atom is 0.238 e. The van der Waals surface area contributed by atoms with Crippen molar-refractivity contribution >= 4 is 21.8 Å². The van der Waals surface area contributed by atoms with Gasteiger partial charge in [0.15, 0.2) is 0 Å². The molecule has 0 aromatic heterocycles. The molecule has 6 heteroatoms. The third-order valence-electron chi connectivity index (χ3n) is 4.10. The van der Waals surface area contributed by atoms with Gasteiger partial charge in [-0.3, -0.25) is 4.79 Å². The van der Waals surface area contributed by atoms with E-state index in [0.717, 1.165) is 21.3 Å². The summed E-state index contributed by atoms with van der Waals surface area (Å²) in [5.74, 6) is 0.813. The summed E-state index contributed by atoms with van der Waals surface area (Å²) in [5.41, 5.74) is 8.44. The molecule has 2 aromatic rings. The van der Waals surface area contributed by atoms with E-state index >= 15 is 0 Å². The molecule has 2 atom stereocenters. The van der Waals surface area contributed by atoms with Gasteiger partial charge < -0.3 is 10.1 Å². The van der Waals surface area contributed by atoms with Crippen LogP contribution in [0.1, 0.15) is 23.6 Å². The maximum absolute atomic E-state index is 12.3. The van der Waals surface area contributed by atoms with Crippen molar-refractivity contribution in [3.63, 3.8) is 0 Å². The van der Waals surface area contributed by atoms with Crippen LogP contribution < -0.4 is 20.9 Å². The fraction of sp³-hybridized carbons (Fsp3) is 0.278. The van der Waals surface area contributed by atoms with Crippen LogP contribution in [0.4, 0.5) is 0 Å². The lowest BCUT2D eigenvalue weighted by molar-refractivity contribution is -0.123. The van der Waals surface area contributed by atoms with Crippen LogP contribution in [0.2, 0.25) is 0 Å². The van der Waals surface area contributed by atoms with E-state index in [9.17, 15) is 4.79 Å². The van der Waals surface area contributed by atoms with Crippen molar-refractivity contribution in [2.24, 2.45) is 0 Å². The Hall–Kier alpha value is -1.89. The number of nitrogens with one attached hydrogen (secondary N) is 3. The third-order valence-corrected chi connectivity index (χ3v) is 4.62. The lowest BCUT2D eigenvalue weighted by Gasteiger charge is -2.11. The number of amides is 1. The van der Waals surface area contributed by atoms with Crippen LogP contribution >= 0.6 is 15.9 Å². The number of ether oxygens (including phenoxy) is 1. The highest BCUT2D eigenvalue weighted by Crippen LogP contribution is 2.25. The fourth-order valence-corrected chi connectivity index (χ4v) is 2.98. The van der Waals surface area contributed by atoms with Crippen LogP contribution in [0.25, 0.3) is 0 Å². The highest BCUT2D eigenvalue weighted by atomic mass is 79.9. The molecule has 0 spiro atoms. The number of hydrogen-bond donors (Lipinski definition) is 3. The number of benzene rings is 2. The molecule has 126 valence electrons. The largest absolute Gasteiger partial charge is 0.497 e. The smallest absolute Gasteiger partial charge is 0.238 e. The number of carbonyl (C=O) groups is 1. The summed E-state index contributed by atoms with van der Waals surface area (Å²) in [7, 11) is 1.65. The highest BCUT2D eigenvalue weighted by Gasteiger charge is 2.30. The number of carbonyl (C=O) groups excluding carboxylic acids is 1. The van der Waals surface area contributed by atoms with Crippen LogP contribution in [0, 0.1) is 0 Å². The molecule has 2 unspecified atom stereocenters. The Bertz CT molecular complexity index is 706. The van der Waals surface area contributed by atoms with Gasteiger partial charge in [-0.2, -0.15) is 0 Å². The van der Waals surface area contributed by atoms with Crippen molar-refractivity contribution in [1.82, 2.24) is 16.2 Å². The van der Waals surface area contributed by atoms with E-state index in [1.165, 1.54) is 0 Å². The van der Waals surface area contributed by atoms with Gasteiger partial charge in [-0.05, 0) is 41.8 Å². The maximum atomic E-state index is 12.3. The monoisotopic (exact) mass is 389 g/mol. The van der Waals surface area contributed by atoms with E-state index < -0.39 is 0 Å². The molecule has 1 aliphatic rings. The molecule has 1 aliphatic heterocycles. The highest BCUT2D eigenvalue weighted by molar-refractivity contribution is 9.10. The van der Waals surface area contributed by atoms with Crippen molar-refractivity contribution in [2.45, 2.75) is 25.0 Å². The molecular weight excluding hydrogens is 370 g/mol. The lowest BCUT2D eigenvalue weighted by atomic mass is 10.0. The number of rotatable bonds is 5. The molecule has 2 aromatic carbocycles. The van der Waals surface area contributed by atoms with Gasteiger partial charge in [0.1, 0.15) is 11.8 Å². The van der Waals surface area contributed by atoms with Crippen molar-refractivity contribution in [2.75, 3.05) is 7.11 Å². The number of halogens is 1. The second-order valence-corrected chi connectivity index (χ2v) is 6.67. The standard InChI is InChI=1S/C18H20BrN3O2/c1-24-15-4-2-3-13(9-15)16-10-17(22-21-16)18(23)20-11-12-5-7-14(19)8-6-12/h2-9,16-17,21-22H,10-11H2,1H3,(H,20,23). The second-order valence-electron chi connectivity index (χ2n) is 5.75. The van der Waals surface area contributed by atoms with E-state index in [0.29, 0.717) is 13.0 Å². The van der Waals surface area contributed by atoms with Gasteiger partial charge >= 0.3 is 0 Å². The van der Waals surface area contributed by atoms with Crippen LogP contribution in [-0.4, -0.2) is 19.1 Å². The van der Waals surface area contributed by atoms with Gasteiger partial charge in [0.05, 0.1) is 7.11 Å². The second kappa shape index (κ2) is 7.79. The van der Waals surface area contributed by atoms with Crippen LogP contribution in [-0.2, 0) is 11.3 Å². The van der Waals surface area contributed by atoms with Crippen molar-refractivity contribution in [3.8, 4) is 5.75 Å². The van der Waals surface area contributed by atoms with Gasteiger partial charge in [0, 0.05) is 17.1 Å². The molecule has 0 saturated carbocycles. The predicted octanol–water partition coefficient (Wildman–Crippen LogP) is 2.68. The number of methoxy groups -OCH3 is 1. The van der Waals surface area contributed by atoms with Crippen molar-refractivity contribution in [1.29, 1.82) is 0 Å². The Morgan fingerprint density at radius 1 is 1.25 bits per heavy atom. The van der Waals surface area contributed by atoms with Gasteiger partial charge in [0.25, 0.3) is 0 Å². The minimum absolute atomic E-state index is 0.00388. The summed E-state index contributed by atoms with van der Waals surface area (Å²) in [6.07, 6.45) is 0.694. The van der Waals surface area contributed by atoms with Gasteiger partial charge in [-0.25, -0.2) is 10.9 Å². The predicted molar refractivity (Wildman–Crippen MR) is 96.4 cm³/mol. The normalized spacial score (nSPS) is 19.9. The zero-order chi connectivity index (χ0) is 16.9. The molecule has 24 heavy (non-hydrogen) atoms. The van der Waals surface area contributed by atoms with E-state index in [1.54, 1.807) is 7.11 Å². The Morgan fingerprint density at radius 2 is 2.04 bits per heavy atom. The van der Waals surface area contributed by atoms with Crippen LogP contribution in [0.3, 0.4) is 0 Å². The van der Waals surface area contributed by atoms with Gasteiger partial charge in [-0.15, -0.1) is 0 Å². The Kier molecular flexibility index (Phi) is 5.50. The van der Waals surface area contributed by atoms with Crippen molar-refractivity contribution < 1.29 is 9.53 Å². The summed E-state index contributed by atoms with van der Waals surface area (Å²) in [5, 5.41) is 2.97. The summed E-state index contributed by atoms with van der Waals surface area (Å²) >= 11 is 3.40. The minimum Gasteiger partial charge on any atom is -0.497 e. The summed E-state index contributed by atoms with van der Waals surface area (Å²) in [4.78, 5) is 12.3. The number of hydrogen-bond acceptors (Lipinski definition) is 4. The molecule has 3 N–H and O–H groups in total. The Morgan fingerprint density at radius 3 is 2.79 bits per heavy atom. The van der Waals surface area contributed by atoms with E-state index in [2.05, 4.69) is 32.1 Å². The van der Waals surface area contributed by atoms with E-state index in [4.69, 9.17) is 4.74 Å². The van der Waals surface area contributed by atoms with E-state index in [1.807, 2.05) is 48.5 Å². The quantitative estimate of drug-likeness (QED) is 0.735. The minimum atomic E-state index is -0.253. The number of hydrazine groups is 1. The van der Waals surface area contributed by atoms with E-state index in [-0.39, 0.29) is 18.0 Å². The first-order chi connectivity index (χ1) is 11.7. The molecule has 3 rings (SSSR count). The first kappa shape index (κ1) is 17.0. The first-order valence-corrected chi connectivity index (χ1v) is 8.62. The van der Waals surface area contributed by atoms with Gasteiger partial charge in [-0.1, -0.05) is 40.2 Å². The first-order valence-electron chi connectivity index (χ1n) is 7.83. The molecule has 1 amide bonds. The Balaban J connectivity index is 1.54. The molecule has 5 nitrogen and oxygen atoms in total. The average Bonchev–Trinajstić information content (AvgIpc) is 3.11. The van der Waals surface area contributed by atoms with Crippen molar-refractivity contribution in [3.05, 3.63) is 64.1 Å². The van der Waals surface area contributed by atoms with Crippen LogP contribution in [0.15, 0.2) is 53.0 Å². The average molecular weight is 390 g/mol. The van der Waals surface area contributed by atoms with Crippen LogP contribution in [0.5, 0.6) is 5.75 Å². The summed E-state index contributed by atoms with van der Waals surface area (Å²) in [6, 6.07) is 15.6. The third kappa shape index (κ3) is 4.14. The zero-order valence-electron chi connectivity index (χ0n) is 13.4. The Labute approximate surface area is 149 Å². The molecule has 1 heterocycles. The molecule has 0 bridgehead atoms. The zero-order valence-corrected chi connectivity index (χ0v) is 15.0. The molecule has 0 aliphatic carbocycles. The van der Waals surface area contributed by atoms with Gasteiger partial charge in [0.2, 0.25) is 5.91 Å². The SMILES string of the molecule is COc1cccc(C2CC(C(=O)NCc3ccc(Br)cc3)NN2)c1.